The predicted octanol–water partition coefficient (Wildman–Crippen LogP) is 2.36. The van der Waals surface area contributed by atoms with E-state index >= 15 is 0 Å². The summed E-state index contributed by atoms with van der Waals surface area (Å²) in [5.74, 6) is 0.902. The number of rotatable bonds is 1. The number of nitrogens with zero attached hydrogens (tertiary/aromatic N) is 2. The van der Waals surface area contributed by atoms with Crippen molar-refractivity contribution in [1.82, 2.24) is 4.98 Å². The molecule has 3 nitrogen and oxygen atoms in total. The quantitative estimate of drug-likeness (QED) is 0.664. The number of anilines is 1. The van der Waals surface area contributed by atoms with Gasteiger partial charge in [-0.05, 0) is 19.8 Å². The van der Waals surface area contributed by atoms with Crippen molar-refractivity contribution in [3.8, 4) is 0 Å². The van der Waals surface area contributed by atoms with Gasteiger partial charge in [0.05, 0.1) is 6.20 Å². The van der Waals surface area contributed by atoms with Crippen LogP contribution < -0.4 is 4.90 Å². The molecule has 1 aromatic rings. The van der Waals surface area contributed by atoms with Gasteiger partial charge in [0.2, 0.25) is 0 Å². The number of hydrogen-bond acceptors (Lipinski definition) is 3. The number of aryl methyl sites for hydroxylation is 1. The summed E-state index contributed by atoms with van der Waals surface area (Å²) >= 11 is 0. The molecule has 0 unspecified atom stereocenters. The Kier molecular flexibility index (Phi) is 2.52. The van der Waals surface area contributed by atoms with Crippen LogP contribution in [0.2, 0.25) is 0 Å². The third kappa shape index (κ3) is 2.02. The van der Waals surface area contributed by atoms with Gasteiger partial charge in [0.1, 0.15) is 5.76 Å². The second kappa shape index (κ2) is 3.81. The fraction of sp³-hybridized carbons (Fsp3) is 0.700. The molecule has 0 aromatic carbocycles. The molecule has 3 heteroatoms. The SMILES string of the molecule is Cc1cnc(N2CCCCCC2)o1. The van der Waals surface area contributed by atoms with Crippen LogP contribution in [-0.2, 0) is 0 Å². The molecule has 0 amide bonds. The lowest BCUT2D eigenvalue weighted by Crippen LogP contribution is -2.23. The molecule has 0 atom stereocenters. The molecule has 2 rings (SSSR count). The summed E-state index contributed by atoms with van der Waals surface area (Å²) in [6, 6.07) is 0.805. The second-order valence-corrected chi connectivity index (χ2v) is 3.65. The van der Waals surface area contributed by atoms with Gasteiger partial charge in [-0.3, -0.25) is 0 Å². The van der Waals surface area contributed by atoms with Crippen LogP contribution in [0.5, 0.6) is 0 Å². The molecule has 1 fully saturated rings. The summed E-state index contributed by atoms with van der Waals surface area (Å²) in [6.45, 7) is 4.13. The maximum absolute atomic E-state index is 5.49. The molecule has 0 aliphatic carbocycles. The lowest BCUT2D eigenvalue weighted by atomic mass is 10.2. The third-order valence-corrected chi connectivity index (χ3v) is 2.49. The first-order valence-corrected chi connectivity index (χ1v) is 5.03. The predicted molar refractivity (Wildman–Crippen MR) is 51.9 cm³/mol. The Morgan fingerprint density at radius 1 is 1.23 bits per heavy atom. The average Bonchev–Trinajstić information content (AvgIpc) is 2.43. The minimum absolute atomic E-state index is 0.805. The zero-order chi connectivity index (χ0) is 9.10. The third-order valence-electron chi connectivity index (χ3n) is 2.49. The lowest BCUT2D eigenvalue weighted by Gasteiger charge is -2.16. The molecule has 2 heterocycles. The minimum atomic E-state index is 0.805. The average molecular weight is 180 g/mol. The van der Waals surface area contributed by atoms with Crippen LogP contribution in [0.15, 0.2) is 10.6 Å². The fourth-order valence-electron chi connectivity index (χ4n) is 1.75. The second-order valence-electron chi connectivity index (χ2n) is 3.65. The summed E-state index contributed by atoms with van der Waals surface area (Å²) in [7, 11) is 0. The van der Waals surface area contributed by atoms with Gasteiger partial charge in [0.15, 0.2) is 0 Å². The maximum Gasteiger partial charge on any atom is 0.297 e. The largest absolute Gasteiger partial charge is 0.429 e. The van der Waals surface area contributed by atoms with Crippen molar-refractivity contribution < 1.29 is 4.42 Å². The molecule has 0 N–H and O–H groups in total. The van der Waals surface area contributed by atoms with Gasteiger partial charge >= 0.3 is 0 Å². The highest BCUT2D eigenvalue weighted by Crippen LogP contribution is 2.18. The monoisotopic (exact) mass is 180 g/mol. The highest BCUT2D eigenvalue weighted by atomic mass is 16.4. The van der Waals surface area contributed by atoms with Crippen molar-refractivity contribution >= 4 is 6.01 Å². The molecule has 13 heavy (non-hydrogen) atoms. The van der Waals surface area contributed by atoms with Gasteiger partial charge in [-0.2, -0.15) is 0 Å². The van der Waals surface area contributed by atoms with Gasteiger partial charge in [0, 0.05) is 13.1 Å². The van der Waals surface area contributed by atoms with E-state index in [0.717, 1.165) is 24.9 Å². The molecular formula is C10H16N2O. The first-order valence-electron chi connectivity index (χ1n) is 5.03. The van der Waals surface area contributed by atoms with Gasteiger partial charge in [-0.15, -0.1) is 0 Å². The lowest BCUT2D eigenvalue weighted by molar-refractivity contribution is 0.509. The molecular weight excluding hydrogens is 164 g/mol. The standard InChI is InChI=1S/C10H16N2O/c1-9-8-11-10(13-9)12-6-4-2-3-5-7-12/h8H,2-7H2,1H3. The van der Waals surface area contributed by atoms with Crippen LogP contribution in [0.1, 0.15) is 31.4 Å². The van der Waals surface area contributed by atoms with Crippen molar-refractivity contribution in [2.75, 3.05) is 18.0 Å². The van der Waals surface area contributed by atoms with Crippen LogP contribution in [0, 0.1) is 6.92 Å². The summed E-state index contributed by atoms with van der Waals surface area (Å²) in [5.41, 5.74) is 0. The van der Waals surface area contributed by atoms with Crippen molar-refractivity contribution in [2.45, 2.75) is 32.6 Å². The highest BCUT2D eigenvalue weighted by Gasteiger charge is 2.13. The van der Waals surface area contributed by atoms with Crippen molar-refractivity contribution in [2.24, 2.45) is 0 Å². The van der Waals surface area contributed by atoms with Crippen molar-refractivity contribution in [3.63, 3.8) is 0 Å². The first kappa shape index (κ1) is 8.60. The summed E-state index contributed by atoms with van der Waals surface area (Å²) in [5, 5.41) is 0. The molecule has 72 valence electrons. The van der Waals surface area contributed by atoms with Gasteiger partial charge in [0.25, 0.3) is 6.01 Å². The zero-order valence-electron chi connectivity index (χ0n) is 8.12. The molecule has 0 radical (unpaired) electrons. The Morgan fingerprint density at radius 3 is 2.46 bits per heavy atom. The van der Waals surface area contributed by atoms with Gasteiger partial charge < -0.3 is 9.32 Å². The van der Waals surface area contributed by atoms with E-state index in [1.54, 1.807) is 6.20 Å². The van der Waals surface area contributed by atoms with Crippen LogP contribution in [-0.4, -0.2) is 18.1 Å². The van der Waals surface area contributed by atoms with E-state index < -0.39 is 0 Å². The van der Waals surface area contributed by atoms with Crippen LogP contribution in [0.25, 0.3) is 0 Å². The summed E-state index contributed by atoms with van der Waals surface area (Å²) in [4.78, 5) is 6.49. The topological polar surface area (TPSA) is 29.3 Å². The maximum atomic E-state index is 5.49. The smallest absolute Gasteiger partial charge is 0.297 e. The molecule has 0 spiro atoms. The molecule has 1 aromatic heterocycles. The van der Waals surface area contributed by atoms with Crippen LogP contribution >= 0.6 is 0 Å². The molecule has 0 saturated carbocycles. The molecule has 1 saturated heterocycles. The van der Waals surface area contributed by atoms with Crippen LogP contribution in [0.3, 0.4) is 0 Å². The van der Waals surface area contributed by atoms with Crippen molar-refractivity contribution in [1.29, 1.82) is 0 Å². The number of oxazole rings is 1. The Hall–Kier alpha value is -0.990. The Balaban J connectivity index is 2.06. The minimum Gasteiger partial charge on any atom is -0.429 e. The van der Waals surface area contributed by atoms with Crippen LogP contribution in [0.4, 0.5) is 6.01 Å². The normalized spacial score (nSPS) is 18.7. The molecule has 1 aliphatic rings. The highest BCUT2D eigenvalue weighted by molar-refractivity contribution is 5.26. The van der Waals surface area contributed by atoms with Crippen molar-refractivity contribution in [3.05, 3.63) is 12.0 Å². The Labute approximate surface area is 78.8 Å². The Bertz CT molecular complexity index is 262. The number of hydrogen-bond donors (Lipinski definition) is 0. The van der Waals surface area contributed by atoms with E-state index in [1.807, 2.05) is 6.92 Å². The first-order chi connectivity index (χ1) is 6.36. The van der Waals surface area contributed by atoms with E-state index in [0.29, 0.717) is 0 Å². The summed E-state index contributed by atoms with van der Waals surface area (Å²) in [6.07, 6.45) is 7.01. The van der Waals surface area contributed by atoms with E-state index in [9.17, 15) is 0 Å². The molecule has 1 aliphatic heterocycles. The van der Waals surface area contributed by atoms with E-state index in [2.05, 4.69) is 9.88 Å². The number of aromatic nitrogens is 1. The Morgan fingerprint density at radius 2 is 1.92 bits per heavy atom. The summed E-state index contributed by atoms with van der Waals surface area (Å²) < 4.78 is 5.49. The van der Waals surface area contributed by atoms with E-state index in [4.69, 9.17) is 4.42 Å². The molecule has 0 bridgehead atoms. The fourth-order valence-corrected chi connectivity index (χ4v) is 1.75. The zero-order valence-corrected chi connectivity index (χ0v) is 8.12. The van der Waals surface area contributed by atoms with E-state index in [-0.39, 0.29) is 0 Å². The van der Waals surface area contributed by atoms with Gasteiger partial charge in [-0.25, -0.2) is 4.98 Å². The van der Waals surface area contributed by atoms with E-state index in [1.165, 1.54) is 25.7 Å². The van der Waals surface area contributed by atoms with Gasteiger partial charge in [-0.1, -0.05) is 12.8 Å².